The third-order valence-corrected chi connectivity index (χ3v) is 3.53. The molecule has 7 heteroatoms. The molecule has 0 atom stereocenters. The number of halogens is 2. The largest absolute Gasteiger partial charge is 0.333 e. The summed E-state index contributed by atoms with van der Waals surface area (Å²) >= 11 is 0. The number of pyridine rings is 1. The lowest BCUT2D eigenvalue weighted by Gasteiger charge is -2.20. The number of hydrogen-bond donors (Lipinski definition) is 1. The molecule has 2 aromatic heterocycles. The van der Waals surface area contributed by atoms with Crippen molar-refractivity contribution < 1.29 is 13.6 Å². The van der Waals surface area contributed by atoms with Crippen LogP contribution in [0.15, 0.2) is 18.5 Å². The predicted molar refractivity (Wildman–Crippen MR) is 72.1 cm³/mol. The Morgan fingerprint density at radius 1 is 1.48 bits per heavy atom. The zero-order valence-corrected chi connectivity index (χ0v) is 11.4. The second kappa shape index (κ2) is 5.33. The molecule has 0 spiro atoms. The van der Waals surface area contributed by atoms with Crippen LogP contribution in [0.4, 0.5) is 8.78 Å². The standard InChI is InChI=1S/C14H14F2N4O/c1-8(21)12-4-11(9-5-18-20(7-9)14(15)16)10-2-3-17-6-13(10)19-12/h4-5,7,14,17H,2-3,6H2,1H3. The highest BCUT2D eigenvalue weighted by atomic mass is 19.3. The van der Waals surface area contributed by atoms with E-state index >= 15 is 0 Å². The van der Waals surface area contributed by atoms with Crippen molar-refractivity contribution in [2.45, 2.75) is 26.4 Å². The molecule has 0 aromatic carbocycles. The fourth-order valence-corrected chi connectivity index (χ4v) is 2.49. The Balaban J connectivity index is 2.14. The average molecular weight is 292 g/mol. The van der Waals surface area contributed by atoms with Gasteiger partial charge < -0.3 is 5.32 Å². The minimum absolute atomic E-state index is 0.147. The molecule has 0 amide bonds. The van der Waals surface area contributed by atoms with Gasteiger partial charge in [-0.2, -0.15) is 13.9 Å². The molecule has 110 valence electrons. The molecule has 0 saturated heterocycles. The van der Waals surface area contributed by atoms with Crippen LogP contribution in [0.1, 0.15) is 35.2 Å². The van der Waals surface area contributed by atoms with Crippen molar-refractivity contribution in [2.75, 3.05) is 6.54 Å². The van der Waals surface area contributed by atoms with E-state index in [1.807, 2.05) is 0 Å². The van der Waals surface area contributed by atoms with Crippen LogP contribution in [0.5, 0.6) is 0 Å². The number of alkyl halides is 2. The molecule has 21 heavy (non-hydrogen) atoms. The molecule has 0 radical (unpaired) electrons. The number of aromatic nitrogens is 3. The fraction of sp³-hybridized carbons (Fsp3) is 0.357. The van der Waals surface area contributed by atoms with Gasteiger partial charge in [-0.15, -0.1) is 0 Å². The molecule has 0 bridgehead atoms. The maximum Gasteiger partial charge on any atom is 0.333 e. The van der Waals surface area contributed by atoms with E-state index in [1.54, 1.807) is 6.07 Å². The lowest BCUT2D eigenvalue weighted by atomic mass is 9.95. The highest BCUT2D eigenvalue weighted by Crippen LogP contribution is 2.29. The number of nitrogens with one attached hydrogen (secondary N) is 1. The molecule has 3 rings (SSSR count). The number of nitrogens with zero attached hydrogens (tertiary/aromatic N) is 3. The van der Waals surface area contributed by atoms with E-state index in [-0.39, 0.29) is 5.78 Å². The Kier molecular flexibility index (Phi) is 3.50. The molecular formula is C14H14F2N4O. The smallest absolute Gasteiger partial charge is 0.311 e. The van der Waals surface area contributed by atoms with Gasteiger partial charge in [0.2, 0.25) is 0 Å². The van der Waals surface area contributed by atoms with E-state index < -0.39 is 6.55 Å². The lowest BCUT2D eigenvalue weighted by molar-refractivity contribution is 0.0566. The SMILES string of the molecule is CC(=O)c1cc(-c2cnn(C(F)F)c2)c2c(n1)CNCC2. The molecule has 0 fully saturated rings. The molecular weight excluding hydrogens is 278 g/mol. The number of ketones is 1. The molecule has 3 heterocycles. The summed E-state index contributed by atoms with van der Waals surface area (Å²) in [5, 5.41) is 6.86. The Morgan fingerprint density at radius 3 is 2.95 bits per heavy atom. The van der Waals surface area contributed by atoms with Crippen LogP contribution in [-0.2, 0) is 13.0 Å². The van der Waals surface area contributed by atoms with Gasteiger partial charge >= 0.3 is 6.55 Å². The Morgan fingerprint density at radius 2 is 2.29 bits per heavy atom. The zero-order chi connectivity index (χ0) is 15.0. The summed E-state index contributed by atoms with van der Waals surface area (Å²) in [7, 11) is 0. The molecule has 1 N–H and O–H groups in total. The first-order valence-corrected chi connectivity index (χ1v) is 6.63. The maximum atomic E-state index is 12.7. The van der Waals surface area contributed by atoms with Crippen molar-refractivity contribution >= 4 is 5.78 Å². The molecule has 0 saturated carbocycles. The fourth-order valence-electron chi connectivity index (χ4n) is 2.49. The Hall–Kier alpha value is -2.15. The van der Waals surface area contributed by atoms with Gasteiger partial charge in [0, 0.05) is 25.2 Å². The predicted octanol–water partition coefficient (Wildman–Crippen LogP) is 2.19. The minimum Gasteiger partial charge on any atom is -0.311 e. The van der Waals surface area contributed by atoms with Crippen LogP contribution in [0.2, 0.25) is 0 Å². The molecule has 0 unspecified atom stereocenters. The average Bonchev–Trinajstić information content (AvgIpc) is 2.96. The third-order valence-electron chi connectivity index (χ3n) is 3.53. The summed E-state index contributed by atoms with van der Waals surface area (Å²) in [6, 6.07) is 1.67. The van der Waals surface area contributed by atoms with E-state index in [1.165, 1.54) is 19.3 Å². The van der Waals surface area contributed by atoms with Crippen molar-refractivity contribution in [1.82, 2.24) is 20.1 Å². The minimum atomic E-state index is -2.68. The first kappa shape index (κ1) is 13.8. The summed E-state index contributed by atoms with van der Waals surface area (Å²) in [4.78, 5) is 16.0. The number of carbonyl (C=O) groups excluding carboxylic acids is 1. The first-order chi connectivity index (χ1) is 10.1. The normalized spacial score (nSPS) is 14.3. The molecule has 5 nitrogen and oxygen atoms in total. The van der Waals surface area contributed by atoms with Gasteiger partial charge in [0.1, 0.15) is 5.69 Å². The first-order valence-electron chi connectivity index (χ1n) is 6.63. The number of fused-ring (bicyclic) bond motifs is 1. The van der Waals surface area contributed by atoms with Crippen LogP contribution < -0.4 is 5.32 Å². The van der Waals surface area contributed by atoms with Crippen molar-refractivity contribution in [3.8, 4) is 11.1 Å². The van der Waals surface area contributed by atoms with Gasteiger partial charge in [-0.05, 0) is 30.2 Å². The molecule has 0 aliphatic carbocycles. The monoisotopic (exact) mass is 292 g/mol. The van der Waals surface area contributed by atoms with Gasteiger partial charge in [0.05, 0.1) is 11.9 Å². The zero-order valence-electron chi connectivity index (χ0n) is 11.4. The van der Waals surface area contributed by atoms with E-state index in [9.17, 15) is 13.6 Å². The summed E-state index contributed by atoms with van der Waals surface area (Å²) < 4.78 is 25.9. The van der Waals surface area contributed by atoms with E-state index in [0.29, 0.717) is 22.5 Å². The van der Waals surface area contributed by atoms with Gasteiger partial charge in [0.15, 0.2) is 5.78 Å². The summed E-state index contributed by atoms with van der Waals surface area (Å²) in [6.07, 6.45) is 3.44. The highest BCUT2D eigenvalue weighted by molar-refractivity contribution is 5.93. The van der Waals surface area contributed by atoms with Crippen molar-refractivity contribution in [3.63, 3.8) is 0 Å². The molecule has 2 aromatic rings. The second-order valence-electron chi connectivity index (χ2n) is 4.95. The third kappa shape index (κ3) is 2.56. The maximum absolute atomic E-state index is 12.7. The van der Waals surface area contributed by atoms with Crippen molar-refractivity contribution in [1.29, 1.82) is 0 Å². The van der Waals surface area contributed by atoms with Gasteiger partial charge in [-0.1, -0.05) is 0 Å². The number of carbonyl (C=O) groups is 1. The van der Waals surface area contributed by atoms with Crippen LogP contribution in [0.3, 0.4) is 0 Å². The quantitative estimate of drug-likeness (QED) is 0.881. The van der Waals surface area contributed by atoms with Gasteiger partial charge in [0.25, 0.3) is 0 Å². The topological polar surface area (TPSA) is 59.8 Å². The van der Waals surface area contributed by atoms with Crippen LogP contribution in [-0.4, -0.2) is 27.1 Å². The van der Waals surface area contributed by atoms with Crippen molar-refractivity contribution in [2.24, 2.45) is 0 Å². The summed E-state index contributed by atoms with van der Waals surface area (Å²) in [5.41, 5.74) is 3.48. The van der Waals surface area contributed by atoms with Gasteiger partial charge in [-0.25, -0.2) is 9.67 Å². The summed E-state index contributed by atoms with van der Waals surface area (Å²) in [5.74, 6) is -0.147. The second-order valence-corrected chi connectivity index (χ2v) is 4.95. The van der Waals surface area contributed by atoms with E-state index in [4.69, 9.17) is 0 Å². The van der Waals surface area contributed by atoms with Crippen LogP contribution in [0, 0.1) is 0 Å². The van der Waals surface area contributed by atoms with Crippen LogP contribution in [0.25, 0.3) is 11.1 Å². The van der Waals surface area contributed by atoms with Crippen LogP contribution >= 0.6 is 0 Å². The van der Waals surface area contributed by atoms with E-state index in [2.05, 4.69) is 15.4 Å². The van der Waals surface area contributed by atoms with Gasteiger partial charge in [-0.3, -0.25) is 4.79 Å². The number of hydrogen-bond acceptors (Lipinski definition) is 4. The van der Waals surface area contributed by atoms with Crippen molar-refractivity contribution in [3.05, 3.63) is 35.4 Å². The summed E-state index contributed by atoms with van der Waals surface area (Å²) in [6.45, 7) is 0.138. The Labute approximate surface area is 120 Å². The Bertz CT molecular complexity index is 696. The molecule has 1 aliphatic heterocycles. The highest BCUT2D eigenvalue weighted by Gasteiger charge is 2.20. The number of rotatable bonds is 3. The lowest BCUT2D eigenvalue weighted by Crippen LogP contribution is -2.26. The van der Waals surface area contributed by atoms with E-state index in [0.717, 1.165) is 29.8 Å². The molecule has 1 aliphatic rings. The number of Topliss-reactive ketones (excluding diaryl/α,β-unsaturated/α-hetero) is 1.